The van der Waals surface area contributed by atoms with E-state index in [0.717, 1.165) is 48.2 Å². The highest BCUT2D eigenvalue weighted by molar-refractivity contribution is 5.96. The van der Waals surface area contributed by atoms with Gasteiger partial charge in [0.25, 0.3) is 5.91 Å². The number of pyridine rings is 1. The predicted molar refractivity (Wildman–Crippen MR) is 97.4 cm³/mol. The summed E-state index contributed by atoms with van der Waals surface area (Å²) in [6.07, 6.45) is 5.74. The van der Waals surface area contributed by atoms with E-state index >= 15 is 0 Å². The van der Waals surface area contributed by atoms with E-state index in [1.807, 2.05) is 42.6 Å². The molecule has 0 spiro atoms. The smallest absolute Gasteiger partial charge is 0.251 e. The summed E-state index contributed by atoms with van der Waals surface area (Å²) in [6, 6.07) is 11.6. The molecule has 1 aliphatic heterocycles. The number of nitrogens with one attached hydrogen (secondary N) is 2. The van der Waals surface area contributed by atoms with E-state index in [-0.39, 0.29) is 5.91 Å². The van der Waals surface area contributed by atoms with Crippen LogP contribution in [0.3, 0.4) is 0 Å². The summed E-state index contributed by atoms with van der Waals surface area (Å²) in [5.74, 6) is 0.498. The quantitative estimate of drug-likeness (QED) is 0.768. The van der Waals surface area contributed by atoms with Gasteiger partial charge in [0.15, 0.2) is 0 Å². The van der Waals surface area contributed by atoms with Crippen LogP contribution in [0.25, 0.3) is 22.2 Å². The molecule has 5 nitrogen and oxygen atoms in total. The maximum Gasteiger partial charge on any atom is 0.251 e. The summed E-state index contributed by atoms with van der Waals surface area (Å²) >= 11 is 0. The molecule has 0 radical (unpaired) electrons. The van der Waals surface area contributed by atoms with Gasteiger partial charge < -0.3 is 15.0 Å². The van der Waals surface area contributed by atoms with Crippen LogP contribution >= 0.6 is 0 Å². The summed E-state index contributed by atoms with van der Waals surface area (Å²) in [5.41, 5.74) is 3.67. The summed E-state index contributed by atoms with van der Waals surface area (Å²) in [4.78, 5) is 20.0. The Morgan fingerprint density at radius 2 is 1.96 bits per heavy atom. The second kappa shape index (κ2) is 7.07. The molecule has 3 heterocycles. The van der Waals surface area contributed by atoms with Crippen molar-refractivity contribution in [1.29, 1.82) is 0 Å². The van der Waals surface area contributed by atoms with E-state index in [4.69, 9.17) is 4.74 Å². The molecule has 25 heavy (non-hydrogen) atoms. The molecule has 2 N–H and O–H groups in total. The summed E-state index contributed by atoms with van der Waals surface area (Å²) in [5, 5.41) is 4.12. The molecule has 0 atom stereocenters. The number of ether oxygens (including phenoxy) is 1. The van der Waals surface area contributed by atoms with E-state index in [2.05, 4.69) is 15.3 Å². The number of rotatable bonds is 4. The lowest BCUT2D eigenvalue weighted by molar-refractivity contribution is 0.0642. The number of amides is 1. The molecule has 5 heteroatoms. The first-order valence-corrected chi connectivity index (χ1v) is 8.70. The molecular formula is C20H21N3O2. The van der Waals surface area contributed by atoms with Gasteiger partial charge in [0.05, 0.1) is 5.69 Å². The van der Waals surface area contributed by atoms with Crippen LogP contribution in [0.2, 0.25) is 0 Å². The van der Waals surface area contributed by atoms with E-state index in [1.54, 1.807) is 6.20 Å². The Hall–Kier alpha value is -2.66. The topological polar surface area (TPSA) is 67.0 Å². The number of carbonyl (C=O) groups excluding carboxylic acids is 1. The van der Waals surface area contributed by atoms with Gasteiger partial charge in [-0.25, -0.2) is 0 Å². The van der Waals surface area contributed by atoms with Gasteiger partial charge in [-0.05, 0) is 43.0 Å². The molecule has 1 amide bonds. The third-order valence-corrected chi connectivity index (χ3v) is 4.79. The van der Waals surface area contributed by atoms with Crippen LogP contribution in [-0.4, -0.2) is 35.6 Å². The molecular weight excluding hydrogens is 314 g/mol. The van der Waals surface area contributed by atoms with Gasteiger partial charge >= 0.3 is 0 Å². The van der Waals surface area contributed by atoms with Crippen molar-refractivity contribution in [3.05, 3.63) is 54.4 Å². The van der Waals surface area contributed by atoms with Crippen LogP contribution in [0, 0.1) is 5.92 Å². The second-order valence-corrected chi connectivity index (χ2v) is 6.44. The Labute approximate surface area is 146 Å². The van der Waals surface area contributed by atoms with E-state index in [9.17, 15) is 4.79 Å². The molecule has 3 aromatic rings. The van der Waals surface area contributed by atoms with Crippen molar-refractivity contribution in [1.82, 2.24) is 15.3 Å². The first-order valence-electron chi connectivity index (χ1n) is 8.70. The van der Waals surface area contributed by atoms with E-state index in [0.29, 0.717) is 18.0 Å². The van der Waals surface area contributed by atoms with Crippen molar-refractivity contribution in [3.8, 4) is 11.3 Å². The highest BCUT2D eigenvalue weighted by Crippen LogP contribution is 2.26. The van der Waals surface area contributed by atoms with Gasteiger partial charge in [0, 0.05) is 54.2 Å². The number of aromatic amines is 1. The van der Waals surface area contributed by atoms with Crippen molar-refractivity contribution in [2.24, 2.45) is 5.92 Å². The van der Waals surface area contributed by atoms with Crippen molar-refractivity contribution < 1.29 is 9.53 Å². The lowest BCUT2D eigenvalue weighted by Gasteiger charge is -2.22. The largest absolute Gasteiger partial charge is 0.381 e. The number of benzene rings is 1. The van der Waals surface area contributed by atoms with Gasteiger partial charge in [-0.1, -0.05) is 12.1 Å². The fourth-order valence-electron chi connectivity index (χ4n) is 3.28. The van der Waals surface area contributed by atoms with Crippen LogP contribution < -0.4 is 5.32 Å². The van der Waals surface area contributed by atoms with Gasteiger partial charge in [-0.2, -0.15) is 0 Å². The molecule has 2 aromatic heterocycles. The lowest BCUT2D eigenvalue weighted by atomic mass is 10.00. The monoisotopic (exact) mass is 335 g/mol. The molecule has 0 bridgehead atoms. The van der Waals surface area contributed by atoms with Crippen LogP contribution in [0.15, 0.2) is 48.8 Å². The van der Waals surface area contributed by atoms with E-state index < -0.39 is 0 Å². The molecule has 0 unspecified atom stereocenters. The van der Waals surface area contributed by atoms with Crippen LogP contribution in [0.4, 0.5) is 0 Å². The Bertz CT molecular complexity index is 864. The number of nitrogens with zero attached hydrogens (tertiary/aromatic N) is 1. The number of carbonyl (C=O) groups is 1. The summed E-state index contributed by atoms with van der Waals surface area (Å²) in [6.45, 7) is 2.31. The molecule has 128 valence electrons. The average Bonchev–Trinajstić information content (AvgIpc) is 3.16. The number of fused-ring (bicyclic) bond motifs is 1. The number of hydrogen-bond donors (Lipinski definition) is 2. The SMILES string of the molecule is O=C(NCC1CCOCC1)c1ccc(-c2nccc3[nH]ccc23)cc1. The van der Waals surface area contributed by atoms with Crippen molar-refractivity contribution >= 4 is 16.8 Å². The molecule has 1 aliphatic rings. The highest BCUT2D eigenvalue weighted by atomic mass is 16.5. The summed E-state index contributed by atoms with van der Waals surface area (Å²) in [7, 11) is 0. The Kier molecular flexibility index (Phi) is 4.48. The van der Waals surface area contributed by atoms with Crippen molar-refractivity contribution in [3.63, 3.8) is 0 Å². The van der Waals surface area contributed by atoms with Crippen LogP contribution in [-0.2, 0) is 4.74 Å². The minimum absolute atomic E-state index is 0.0224. The standard InChI is InChI=1S/C20H21N3O2/c24-20(23-13-14-7-11-25-12-8-14)16-3-1-15(2-4-16)19-17-5-9-21-18(17)6-10-22-19/h1-6,9-10,14,21H,7-8,11-13H2,(H,23,24). The molecule has 0 saturated carbocycles. The predicted octanol–water partition coefficient (Wildman–Crippen LogP) is 3.39. The third kappa shape index (κ3) is 3.42. The van der Waals surface area contributed by atoms with Crippen LogP contribution in [0.5, 0.6) is 0 Å². The number of aromatic nitrogens is 2. The maximum atomic E-state index is 12.3. The summed E-state index contributed by atoms with van der Waals surface area (Å²) < 4.78 is 5.35. The average molecular weight is 335 g/mol. The molecule has 1 saturated heterocycles. The second-order valence-electron chi connectivity index (χ2n) is 6.44. The Morgan fingerprint density at radius 1 is 1.16 bits per heavy atom. The van der Waals surface area contributed by atoms with Gasteiger partial charge in [0.2, 0.25) is 0 Å². The minimum atomic E-state index is -0.0224. The van der Waals surface area contributed by atoms with Gasteiger partial charge in [-0.15, -0.1) is 0 Å². The van der Waals surface area contributed by atoms with E-state index in [1.165, 1.54) is 0 Å². The molecule has 4 rings (SSSR count). The zero-order valence-corrected chi connectivity index (χ0v) is 14.0. The highest BCUT2D eigenvalue weighted by Gasteiger charge is 2.15. The first kappa shape index (κ1) is 15.8. The van der Waals surface area contributed by atoms with Gasteiger partial charge in [0.1, 0.15) is 0 Å². The maximum absolute atomic E-state index is 12.3. The molecule has 1 aromatic carbocycles. The number of H-pyrrole nitrogens is 1. The van der Waals surface area contributed by atoms with Crippen molar-refractivity contribution in [2.75, 3.05) is 19.8 Å². The molecule has 1 fully saturated rings. The first-order chi connectivity index (χ1) is 12.3. The van der Waals surface area contributed by atoms with Crippen molar-refractivity contribution in [2.45, 2.75) is 12.8 Å². The normalized spacial score (nSPS) is 15.4. The minimum Gasteiger partial charge on any atom is -0.381 e. The Morgan fingerprint density at radius 3 is 2.76 bits per heavy atom. The number of hydrogen-bond acceptors (Lipinski definition) is 3. The zero-order chi connectivity index (χ0) is 17.1. The van der Waals surface area contributed by atoms with Crippen LogP contribution in [0.1, 0.15) is 23.2 Å². The fourth-order valence-corrected chi connectivity index (χ4v) is 3.28. The lowest BCUT2D eigenvalue weighted by Crippen LogP contribution is -2.32. The Balaban J connectivity index is 1.46. The zero-order valence-electron chi connectivity index (χ0n) is 14.0. The third-order valence-electron chi connectivity index (χ3n) is 4.79. The van der Waals surface area contributed by atoms with Gasteiger partial charge in [-0.3, -0.25) is 9.78 Å². The molecule has 0 aliphatic carbocycles. The fraction of sp³-hybridized carbons (Fsp3) is 0.300.